The number of methoxy groups -OCH3 is 1. The average Bonchev–Trinajstić information content (AvgIpc) is 3.31. The predicted octanol–water partition coefficient (Wildman–Crippen LogP) is 0.0408. The molecule has 3 aromatic rings. The third-order valence-electron chi connectivity index (χ3n) is 4.76. The molecule has 7 nitrogen and oxygen atoms in total. The standard InChI is InChI=1S/C20H23N3O4S.Na.H/c1-13-17(21-6-4-18(13)26-8-3-7-25-2)12-28(24)20-22-15-10-14-5-9-27-19(14)11-16(15)23-20;;/h4,6,10-11H,3,5,7-9,12H2,1-2H3,(H,22,23);;/q;+1;-1. The maximum atomic E-state index is 12.9. The number of rotatable bonds is 8. The van der Waals surface area contributed by atoms with Gasteiger partial charge in [0.25, 0.3) is 0 Å². The van der Waals surface area contributed by atoms with Crippen LogP contribution < -0.4 is 39.0 Å². The van der Waals surface area contributed by atoms with Crippen LogP contribution >= 0.6 is 0 Å². The van der Waals surface area contributed by atoms with Crippen LogP contribution in [0.15, 0.2) is 29.6 Å². The van der Waals surface area contributed by atoms with Crippen molar-refractivity contribution in [2.75, 3.05) is 26.9 Å². The zero-order valence-electron chi connectivity index (χ0n) is 18.0. The molecule has 9 heteroatoms. The number of hydrogen-bond donors (Lipinski definition) is 1. The van der Waals surface area contributed by atoms with Gasteiger partial charge in [0.2, 0.25) is 0 Å². The van der Waals surface area contributed by atoms with E-state index < -0.39 is 10.8 Å². The number of benzene rings is 1. The molecule has 1 unspecified atom stereocenters. The summed E-state index contributed by atoms with van der Waals surface area (Å²) in [4.78, 5) is 12.1. The third kappa shape index (κ3) is 5.00. The maximum absolute atomic E-state index is 12.9. The fraction of sp³-hybridized carbons (Fsp3) is 0.400. The molecule has 150 valence electrons. The van der Waals surface area contributed by atoms with Crippen LogP contribution in [0.5, 0.6) is 11.5 Å². The summed E-state index contributed by atoms with van der Waals surface area (Å²) in [6, 6.07) is 5.77. The van der Waals surface area contributed by atoms with Crippen LogP contribution in [0.3, 0.4) is 0 Å². The van der Waals surface area contributed by atoms with Crippen molar-refractivity contribution in [1.82, 2.24) is 15.0 Å². The molecule has 1 N–H and O–H groups in total. The van der Waals surface area contributed by atoms with Crippen LogP contribution in [-0.2, 0) is 27.7 Å². The minimum absolute atomic E-state index is 0. The molecule has 0 saturated carbocycles. The Morgan fingerprint density at radius 2 is 2.21 bits per heavy atom. The Kier molecular flexibility index (Phi) is 7.70. The van der Waals surface area contributed by atoms with E-state index in [1.54, 1.807) is 13.3 Å². The van der Waals surface area contributed by atoms with Crippen LogP contribution in [0, 0.1) is 6.92 Å². The fourth-order valence-electron chi connectivity index (χ4n) is 3.21. The van der Waals surface area contributed by atoms with Gasteiger partial charge in [0.05, 0.1) is 46.5 Å². The largest absolute Gasteiger partial charge is 1.00 e. The van der Waals surface area contributed by atoms with E-state index in [-0.39, 0.29) is 36.7 Å². The zero-order valence-corrected chi connectivity index (χ0v) is 19.8. The summed E-state index contributed by atoms with van der Waals surface area (Å²) in [5.41, 5.74) is 4.45. The van der Waals surface area contributed by atoms with Gasteiger partial charge in [-0.05, 0) is 24.6 Å². The zero-order chi connectivity index (χ0) is 19.5. The molecule has 0 spiro atoms. The summed E-state index contributed by atoms with van der Waals surface area (Å²) < 4.78 is 29.3. The first-order chi connectivity index (χ1) is 13.7. The van der Waals surface area contributed by atoms with Gasteiger partial charge in [-0.2, -0.15) is 0 Å². The maximum Gasteiger partial charge on any atom is 1.00 e. The third-order valence-corrected chi connectivity index (χ3v) is 5.92. The molecule has 0 radical (unpaired) electrons. The predicted molar refractivity (Wildman–Crippen MR) is 107 cm³/mol. The molecule has 1 atom stereocenters. The molecule has 29 heavy (non-hydrogen) atoms. The number of nitrogens with zero attached hydrogens (tertiary/aromatic N) is 2. The number of hydrogen-bond acceptors (Lipinski definition) is 6. The number of H-pyrrole nitrogens is 1. The monoisotopic (exact) mass is 425 g/mol. The number of ether oxygens (including phenoxy) is 3. The summed E-state index contributed by atoms with van der Waals surface area (Å²) >= 11 is 0. The Hall–Kier alpha value is -1.45. The topological polar surface area (TPSA) is 86.3 Å². The molecule has 2 aromatic heterocycles. The molecule has 1 aliphatic heterocycles. The summed E-state index contributed by atoms with van der Waals surface area (Å²) in [7, 11) is 0.333. The quantitative estimate of drug-likeness (QED) is 0.405. The van der Waals surface area contributed by atoms with Crippen LogP contribution in [0.2, 0.25) is 0 Å². The minimum atomic E-state index is -1.34. The number of fused-ring (bicyclic) bond motifs is 2. The van der Waals surface area contributed by atoms with Crippen molar-refractivity contribution in [1.29, 1.82) is 0 Å². The summed E-state index contributed by atoms with van der Waals surface area (Å²) in [5, 5.41) is 0.450. The average molecular weight is 425 g/mol. The Labute approximate surface area is 195 Å². The first kappa shape index (κ1) is 22.2. The Balaban J connectivity index is 0.00000160. The summed E-state index contributed by atoms with van der Waals surface area (Å²) in [6.45, 7) is 3.86. The van der Waals surface area contributed by atoms with E-state index >= 15 is 0 Å². The molecule has 0 saturated heterocycles. The van der Waals surface area contributed by atoms with Gasteiger partial charge in [-0.3, -0.25) is 9.19 Å². The van der Waals surface area contributed by atoms with Crippen LogP contribution in [0.4, 0.5) is 0 Å². The van der Waals surface area contributed by atoms with Crippen LogP contribution in [0.25, 0.3) is 11.0 Å². The molecule has 0 aliphatic carbocycles. The van der Waals surface area contributed by atoms with E-state index in [0.29, 0.717) is 25.0 Å². The number of imidazole rings is 1. The molecule has 1 aliphatic rings. The Morgan fingerprint density at radius 1 is 1.34 bits per heavy atom. The second-order valence-corrected chi connectivity index (χ2v) is 8.05. The molecular formula is C20H24N3NaO4S. The number of aromatic amines is 1. The van der Waals surface area contributed by atoms with Crippen molar-refractivity contribution in [3.63, 3.8) is 0 Å². The number of pyridine rings is 1. The SMILES string of the molecule is COCCCOc1ccnc(CS(=O)c2nc3cc4c(cc3[nH]2)CCO4)c1C.[H-].[Na+]. The molecule has 1 aromatic carbocycles. The van der Waals surface area contributed by atoms with Crippen molar-refractivity contribution < 1.29 is 49.4 Å². The van der Waals surface area contributed by atoms with Gasteiger partial charge in [-0.15, -0.1) is 0 Å². The summed E-state index contributed by atoms with van der Waals surface area (Å²) in [6.07, 6.45) is 3.39. The van der Waals surface area contributed by atoms with E-state index in [9.17, 15) is 4.21 Å². The smallest absolute Gasteiger partial charge is 1.00 e. The first-order valence-electron chi connectivity index (χ1n) is 9.25. The van der Waals surface area contributed by atoms with E-state index in [2.05, 4.69) is 15.0 Å². The first-order valence-corrected chi connectivity index (χ1v) is 10.6. The van der Waals surface area contributed by atoms with Gasteiger partial charge in [-0.1, -0.05) is 0 Å². The Morgan fingerprint density at radius 3 is 3.03 bits per heavy atom. The van der Waals surface area contributed by atoms with Gasteiger partial charge in [-0.25, -0.2) is 4.98 Å². The van der Waals surface area contributed by atoms with Gasteiger partial charge < -0.3 is 20.6 Å². The van der Waals surface area contributed by atoms with Crippen molar-refractivity contribution in [3.8, 4) is 11.5 Å². The van der Waals surface area contributed by atoms with Gasteiger partial charge in [0.15, 0.2) is 5.16 Å². The molecule has 3 heterocycles. The van der Waals surface area contributed by atoms with Crippen molar-refractivity contribution in [2.45, 2.75) is 30.7 Å². The van der Waals surface area contributed by atoms with Crippen molar-refractivity contribution in [3.05, 3.63) is 41.2 Å². The molecule has 0 bridgehead atoms. The van der Waals surface area contributed by atoms with E-state index in [4.69, 9.17) is 14.2 Å². The van der Waals surface area contributed by atoms with Gasteiger partial charge >= 0.3 is 29.6 Å². The second-order valence-electron chi connectivity index (χ2n) is 6.68. The van der Waals surface area contributed by atoms with Gasteiger partial charge in [0.1, 0.15) is 11.5 Å². The summed E-state index contributed by atoms with van der Waals surface area (Å²) in [5.74, 6) is 1.90. The number of nitrogens with one attached hydrogen (secondary N) is 1. The number of aromatic nitrogens is 3. The molecule has 4 rings (SSSR count). The van der Waals surface area contributed by atoms with Crippen molar-refractivity contribution in [2.24, 2.45) is 0 Å². The van der Waals surface area contributed by atoms with E-state index in [0.717, 1.165) is 52.2 Å². The Bertz CT molecular complexity index is 990. The second kappa shape index (κ2) is 10.0. The van der Waals surface area contributed by atoms with Gasteiger partial charge in [0, 0.05) is 44.4 Å². The van der Waals surface area contributed by atoms with Crippen molar-refractivity contribution >= 4 is 21.8 Å². The minimum Gasteiger partial charge on any atom is -1.00 e. The van der Waals surface area contributed by atoms with E-state index in [1.165, 1.54) is 0 Å². The van der Waals surface area contributed by atoms with Crippen LogP contribution in [-0.4, -0.2) is 46.1 Å². The molecular weight excluding hydrogens is 401 g/mol. The van der Waals surface area contributed by atoms with E-state index in [1.807, 2.05) is 25.1 Å². The van der Waals surface area contributed by atoms with Crippen LogP contribution in [0.1, 0.15) is 24.7 Å². The normalized spacial score (nSPS) is 13.6. The fourth-order valence-corrected chi connectivity index (χ4v) is 4.31. The molecule has 0 fully saturated rings. The molecule has 0 amide bonds.